The van der Waals surface area contributed by atoms with Crippen LogP contribution in [-0.4, -0.2) is 62.6 Å². The average molecular weight is 503 g/mol. The van der Waals surface area contributed by atoms with E-state index in [-0.39, 0.29) is 24.4 Å². The lowest BCUT2D eigenvalue weighted by atomic mass is 9.90. The Balaban J connectivity index is 1.76. The van der Waals surface area contributed by atoms with E-state index in [1.807, 2.05) is 0 Å². The molecule has 1 aliphatic heterocycles. The van der Waals surface area contributed by atoms with Gasteiger partial charge < -0.3 is 19.9 Å². The minimum absolute atomic E-state index is 0.102. The van der Waals surface area contributed by atoms with Crippen molar-refractivity contribution in [3.05, 3.63) is 57.8 Å². The number of rotatable bonds is 7. The fourth-order valence-corrected chi connectivity index (χ4v) is 5.07. The molecular formula is C22H28ClFN2O6S. The molecule has 2 aliphatic carbocycles. The Labute approximate surface area is 197 Å². The van der Waals surface area contributed by atoms with E-state index in [1.54, 1.807) is 45.1 Å². The third-order valence-electron chi connectivity index (χ3n) is 4.89. The fourth-order valence-electron chi connectivity index (χ4n) is 3.50. The number of halogens is 2. The van der Waals surface area contributed by atoms with Crippen LogP contribution >= 0.6 is 11.6 Å². The number of ether oxygens (including phenoxy) is 2. The van der Waals surface area contributed by atoms with Gasteiger partial charge in [-0.15, -0.1) is 11.6 Å². The molecule has 0 saturated heterocycles. The smallest absolute Gasteiger partial charge is 0.408 e. The molecule has 3 N–H and O–H groups in total. The molecule has 1 amide bonds. The highest BCUT2D eigenvalue weighted by Gasteiger charge is 2.34. The largest absolute Gasteiger partial charge is 0.486 e. The Morgan fingerprint density at radius 1 is 1.30 bits per heavy atom. The van der Waals surface area contributed by atoms with Gasteiger partial charge in [-0.3, -0.25) is 0 Å². The number of carbonyl (C=O) groups excluding carboxylic acids is 1. The second kappa shape index (κ2) is 10.0. The third-order valence-corrected chi connectivity index (χ3v) is 6.82. The van der Waals surface area contributed by atoms with Crippen LogP contribution in [0.15, 0.2) is 57.8 Å². The monoisotopic (exact) mass is 502 g/mol. The Bertz CT molecular complexity index is 1060. The van der Waals surface area contributed by atoms with Gasteiger partial charge in [0.25, 0.3) is 0 Å². The van der Waals surface area contributed by atoms with Crippen LogP contribution in [0.2, 0.25) is 0 Å². The van der Waals surface area contributed by atoms with Crippen molar-refractivity contribution in [3.63, 3.8) is 0 Å². The van der Waals surface area contributed by atoms with Crippen molar-refractivity contribution in [1.82, 2.24) is 10.0 Å². The highest BCUT2D eigenvalue weighted by Crippen LogP contribution is 2.37. The lowest BCUT2D eigenvalue weighted by molar-refractivity contribution is 0.0519. The number of fused-ring (bicyclic) bond motifs is 1. The molecular weight excluding hydrogens is 475 g/mol. The quantitative estimate of drug-likeness (QED) is 0.461. The highest BCUT2D eigenvalue weighted by molar-refractivity contribution is 7.93. The standard InChI is InChI=1S/C22H28ClFN2O6S/c1-22(2,3)32-21(28)25-12-16-9-15-8-14(10-17(23)20(15)31-16)13-4-5-18(24)19(11-13)33(29,30)26-6-7-27/h4,8-11,17-18,20,26-27H,5-7,12H2,1-3H3,(H,25,28). The number of allylic oxidation sites excluding steroid dienone is 6. The molecule has 0 saturated carbocycles. The second-order valence-electron chi connectivity index (χ2n) is 8.75. The molecule has 0 bridgehead atoms. The summed E-state index contributed by atoms with van der Waals surface area (Å²) in [4.78, 5) is 11.5. The van der Waals surface area contributed by atoms with Crippen LogP contribution in [-0.2, 0) is 19.5 Å². The molecule has 182 valence electrons. The molecule has 33 heavy (non-hydrogen) atoms. The van der Waals surface area contributed by atoms with Gasteiger partial charge in [0.1, 0.15) is 23.6 Å². The topological polar surface area (TPSA) is 114 Å². The minimum Gasteiger partial charge on any atom is -0.486 e. The zero-order valence-corrected chi connectivity index (χ0v) is 20.2. The average Bonchev–Trinajstić information content (AvgIpc) is 3.13. The molecule has 0 fully saturated rings. The molecule has 0 aromatic carbocycles. The first-order chi connectivity index (χ1) is 15.4. The van der Waals surface area contributed by atoms with Gasteiger partial charge in [0.2, 0.25) is 10.0 Å². The number of amides is 1. The van der Waals surface area contributed by atoms with Crippen LogP contribution < -0.4 is 10.0 Å². The third kappa shape index (κ3) is 6.47. The van der Waals surface area contributed by atoms with Crippen LogP contribution in [0.5, 0.6) is 0 Å². The van der Waals surface area contributed by atoms with Crippen molar-refractivity contribution in [2.75, 3.05) is 19.7 Å². The summed E-state index contributed by atoms with van der Waals surface area (Å²) in [6.45, 7) is 4.82. The van der Waals surface area contributed by atoms with E-state index >= 15 is 0 Å². The molecule has 3 atom stereocenters. The zero-order valence-electron chi connectivity index (χ0n) is 18.6. The summed E-state index contributed by atoms with van der Waals surface area (Å²) >= 11 is 6.50. The summed E-state index contributed by atoms with van der Waals surface area (Å²) in [5, 5.41) is 10.9. The van der Waals surface area contributed by atoms with Gasteiger partial charge in [0.15, 0.2) is 0 Å². The van der Waals surface area contributed by atoms with Crippen LogP contribution in [0.1, 0.15) is 27.2 Å². The summed E-state index contributed by atoms with van der Waals surface area (Å²) in [6, 6.07) is 0. The van der Waals surface area contributed by atoms with Crippen LogP contribution in [0.3, 0.4) is 0 Å². The lowest BCUT2D eigenvalue weighted by Gasteiger charge is -2.25. The van der Waals surface area contributed by atoms with Crippen molar-refractivity contribution in [1.29, 1.82) is 0 Å². The van der Waals surface area contributed by atoms with E-state index < -0.39 is 46.0 Å². The summed E-state index contributed by atoms with van der Waals surface area (Å²) < 4.78 is 52.4. The molecule has 1 heterocycles. The number of sulfonamides is 1. The maximum Gasteiger partial charge on any atom is 0.408 e. The summed E-state index contributed by atoms with van der Waals surface area (Å²) in [6.07, 6.45) is 5.38. The Morgan fingerprint density at radius 3 is 2.70 bits per heavy atom. The molecule has 3 aliphatic rings. The van der Waals surface area contributed by atoms with Crippen molar-refractivity contribution in [2.45, 2.75) is 50.4 Å². The normalized spacial score (nSPS) is 25.0. The SMILES string of the molecule is CC(C)(C)OC(=O)NCC1=CC2=CC(C3=CCC(F)C(S(=O)(=O)NCCO)=C3)=CC(Cl)C2O1. The number of nitrogens with one attached hydrogen (secondary N) is 2. The molecule has 0 spiro atoms. The van der Waals surface area contributed by atoms with Crippen molar-refractivity contribution in [3.8, 4) is 0 Å². The molecule has 0 aromatic rings. The van der Waals surface area contributed by atoms with Gasteiger partial charge >= 0.3 is 6.09 Å². The first-order valence-electron chi connectivity index (χ1n) is 10.5. The van der Waals surface area contributed by atoms with Gasteiger partial charge in [0.05, 0.1) is 23.4 Å². The maximum absolute atomic E-state index is 14.4. The molecule has 3 rings (SSSR count). The Kier molecular flexibility index (Phi) is 7.73. The van der Waals surface area contributed by atoms with Gasteiger partial charge in [-0.05, 0) is 55.7 Å². The number of hydrogen-bond acceptors (Lipinski definition) is 6. The van der Waals surface area contributed by atoms with Crippen LogP contribution in [0.4, 0.5) is 9.18 Å². The van der Waals surface area contributed by atoms with Crippen LogP contribution in [0.25, 0.3) is 0 Å². The van der Waals surface area contributed by atoms with E-state index in [0.717, 1.165) is 5.57 Å². The lowest BCUT2D eigenvalue weighted by Crippen LogP contribution is -2.34. The van der Waals surface area contributed by atoms with Gasteiger partial charge in [-0.1, -0.05) is 12.2 Å². The number of aliphatic hydroxyl groups is 1. The van der Waals surface area contributed by atoms with E-state index in [4.69, 9.17) is 26.2 Å². The van der Waals surface area contributed by atoms with E-state index in [1.165, 1.54) is 6.08 Å². The molecule has 8 nitrogen and oxygen atoms in total. The van der Waals surface area contributed by atoms with Gasteiger partial charge in [-0.25, -0.2) is 22.3 Å². The Morgan fingerprint density at radius 2 is 2.03 bits per heavy atom. The van der Waals surface area contributed by atoms with Crippen LogP contribution in [0, 0.1) is 0 Å². The highest BCUT2D eigenvalue weighted by atomic mass is 35.5. The van der Waals surface area contributed by atoms with E-state index in [9.17, 15) is 17.6 Å². The fraction of sp³-hybridized carbons (Fsp3) is 0.500. The predicted octanol–water partition coefficient (Wildman–Crippen LogP) is 2.73. The number of carbonyl (C=O) groups is 1. The summed E-state index contributed by atoms with van der Waals surface area (Å²) in [5.74, 6) is 0.505. The van der Waals surface area contributed by atoms with Crippen molar-refractivity contribution < 1.29 is 32.2 Å². The number of aliphatic hydroxyl groups excluding tert-OH is 1. The summed E-state index contributed by atoms with van der Waals surface area (Å²) in [5.41, 5.74) is 1.31. The Hall–Kier alpha value is -2.14. The molecule has 11 heteroatoms. The second-order valence-corrected chi connectivity index (χ2v) is 11.0. The van der Waals surface area contributed by atoms with Gasteiger partial charge in [-0.2, -0.15) is 0 Å². The first-order valence-corrected chi connectivity index (χ1v) is 12.4. The number of alkyl halides is 2. The molecule has 0 aromatic heterocycles. The molecule has 3 unspecified atom stereocenters. The first kappa shape index (κ1) is 25.5. The van der Waals surface area contributed by atoms with Crippen molar-refractivity contribution in [2.24, 2.45) is 0 Å². The number of alkyl carbamates (subject to hydrolysis) is 1. The van der Waals surface area contributed by atoms with E-state index in [2.05, 4.69) is 10.0 Å². The van der Waals surface area contributed by atoms with Crippen molar-refractivity contribution >= 4 is 27.7 Å². The minimum atomic E-state index is -4.07. The van der Waals surface area contributed by atoms with Gasteiger partial charge in [0, 0.05) is 13.0 Å². The molecule has 0 radical (unpaired) electrons. The summed E-state index contributed by atoms with van der Waals surface area (Å²) in [7, 11) is -4.07. The number of hydrogen-bond donors (Lipinski definition) is 3. The van der Waals surface area contributed by atoms with E-state index in [0.29, 0.717) is 16.9 Å². The zero-order chi connectivity index (χ0) is 24.4. The predicted molar refractivity (Wildman–Crippen MR) is 123 cm³/mol. The maximum atomic E-state index is 14.4.